The molecule has 0 fully saturated rings. The highest BCUT2D eigenvalue weighted by atomic mass is 14.9. The number of aliphatic imine (C=N–C) groups is 4. The predicted octanol–water partition coefficient (Wildman–Crippen LogP) is 10.2. The Kier molecular flexibility index (Phi) is 11.8. The number of pyridine rings is 1. The molecule has 4 rings (SSSR count). The van der Waals surface area contributed by atoms with Gasteiger partial charge in [0.1, 0.15) is 0 Å². The minimum Gasteiger partial charge on any atom is -0.295 e. The molecule has 5 nitrogen and oxygen atoms in total. The van der Waals surface area contributed by atoms with Crippen LogP contribution in [0.3, 0.4) is 0 Å². The van der Waals surface area contributed by atoms with E-state index in [2.05, 4.69) is 91.4 Å². The van der Waals surface area contributed by atoms with Gasteiger partial charge >= 0.3 is 0 Å². The van der Waals surface area contributed by atoms with E-state index in [4.69, 9.17) is 15.0 Å². The maximum atomic E-state index is 4.88. The summed E-state index contributed by atoms with van der Waals surface area (Å²) in [6.45, 7) is 18.0. The van der Waals surface area contributed by atoms with Crippen molar-refractivity contribution in [1.82, 2.24) is 4.98 Å². The smallest absolute Gasteiger partial charge is 0.159 e. The lowest BCUT2D eigenvalue weighted by Crippen LogP contribution is -2.02. The highest BCUT2D eigenvalue weighted by Gasteiger charge is 2.09. The van der Waals surface area contributed by atoms with E-state index in [1.54, 1.807) is 6.21 Å². The maximum absolute atomic E-state index is 4.88. The average Bonchev–Trinajstić information content (AvgIpc) is 3.06. The van der Waals surface area contributed by atoms with Gasteiger partial charge in [-0.05, 0) is 80.4 Å². The molecule has 1 heterocycles. The predicted molar refractivity (Wildman–Crippen MR) is 195 cm³/mol. The maximum Gasteiger partial charge on any atom is 0.159 e. The molecular weight excluding hydrogens is 550 g/mol. The van der Waals surface area contributed by atoms with Gasteiger partial charge in [-0.3, -0.25) is 15.0 Å². The summed E-state index contributed by atoms with van der Waals surface area (Å²) in [4.78, 5) is 23.1. The van der Waals surface area contributed by atoms with E-state index in [0.717, 1.165) is 62.6 Å². The summed E-state index contributed by atoms with van der Waals surface area (Å²) in [6.07, 6.45) is 12.3. The van der Waals surface area contributed by atoms with Gasteiger partial charge in [0.05, 0.1) is 35.0 Å². The second kappa shape index (κ2) is 16.3. The molecule has 0 saturated heterocycles. The third-order valence-corrected chi connectivity index (χ3v) is 7.04. The van der Waals surface area contributed by atoms with Crippen molar-refractivity contribution in [3.8, 4) is 22.4 Å². The van der Waals surface area contributed by atoms with Crippen molar-refractivity contribution < 1.29 is 0 Å². The molecule has 224 valence electrons. The molecule has 0 bridgehead atoms. The van der Waals surface area contributed by atoms with Crippen LogP contribution < -0.4 is 0 Å². The molecule has 0 spiro atoms. The van der Waals surface area contributed by atoms with Crippen molar-refractivity contribution in [2.24, 2.45) is 20.0 Å². The van der Waals surface area contributed by atoms with Crippen molar-refractivity contribution in [1.29, 1.82) is 0 Å². The van der Waals surface area contributed by atoms with Gasteiger partial charge < -0.3 is 0 Å². The van der Waals surface area contributed by atoms with Crippen LogP contribution in [-0.2, 0) is 6.54 Å². The van der Waals surface area contributed by atoms with E-state index in [0.29, 0.717) is 18.1 Å². The van der Waals surface area contributed by atoms with Crippen LogP contribution in [0.2, 0.25) is 0 Å². The van der Waals surface area contributed by atoms with Gasteiger partial charge in [0.15, 0.2) is 5.84 Å². The summed E-state index contributed by atoms with van der Waals surface area (Å²) in [6, 6.07) is 28.7. The van der Waals surface area contributed by atoms with Crippen molar-refractivity contribution >= 4 is 36.2 Å². The summed E-state index contributed by atoms with van der Waals surface area (Å²) in [5, 5.41) is 0. The van der Waals surface area contributed by atoms with Gasteiger partial charge in [-0.25, -0.2) is 9.98 Å². The Balaban J connectivity index is 1.54. The summed E-state index contributed by atoms with van der Waals surface area (Å²) < 4.78 is 0. The standard InChI is InChI=1S/C40H39N5/c1-7-9-12-15-33-22-25-38(45-39(33)28-41-6)34-20-18-32(19-21-34)36-23-24-37(29(3)27-36)43-30(4)31(5)44-40(42-26-10-8-2)35-16-13-11-14-17-35/h7-8,10-27H,1,5-6,9,28H2,2-4H3/b10-8+,15-12-,42-26?,43-30?,44-40?. The van der Waals surface area contributed by atoms with Gasteiger partial charge in [-0.1, -0.05) is 97.6 Å². The number of benzene rings is 3. The van der Waals surface area contributed by atoms with Crippen LogP contribution in [0.1, 0.15) is 42.7 Å². The first-order chi connectivity index (χ1) is 21.9. The van der Waals surface area contributed by atoms with E-state index in [9.17, 15) is 0 Å². The number of allylic oxidation sites excluding steroid dienone is 5. The number of rotatable bonds is 12. The fraction of sp³-hybridized carbons (Fsp3) is 0.125. The van der Waals surface area contributed by atoms with E-state index < -0.39 is 0 Å². The van der Waals surface area contributed by atoms with Crippen LogP contribution in [0.5, 0.6) is 0 Å². The summed E-state index contributed by atoms with van der Waals surface area (Å²) >= 11 is 0. The number of nitrogens with zero attached hydrogens (tertiary/aromatic N) is 5. The van der Waals surface area contributed by atoms with Gasteiger partial charge in [0.2, 0.25) is 0 Å². The second-order valence-electron chi connectivity index (χ2n) is 10.4. The number of amidine groups is 1. The Bertz CT molecular complexity index is 1800. The molecule has 3 aromatic carbocycles. The van der Waals surface area contributed by atoms with Crippen LogP contribution in [0.15, 0.2) is 148 Å². The summed E-state index contributed by atoms with van der Waals surface area (Å²) in [7, 11) is 0. The minimum atomic E-state index is 0.464. The molecule has 0 unspecified atom stereocenters. The number of aryl methyl sites for hydroxylation is 1. The first-order valence-corrected chi connectivity index (χ1v) is 14.9. The quantitative estimate of drug-likeness (QED) is 0.0921. The molecule has 0 aliphatic rings. The van der Waals surface area contributed by atoms with Crippen LogP contribution >= 0.6 is 0 Å². The summed E-state index contributed by atoms with van der Waals surface area (Å²) in [5.74, 6) is 0.587. The number of hydrogen-bond donors (Lipinski definition) is 0. The second-order valence-corrected chi connectivity index (χ2v) is 10.4. The van der Waals surface area contributed by atoms with Crippen LogP contribution in [0.4, 0.5) is 5.69 Å². The molecule has 0 N–H and O–H groups in total. The molecule has 4 aromatic rings. The molecule has 0 aliphatic carbocycles. The molecule has 0 atom stereocenters. The third kappa shape index (κ3) is 8.97. The fourth-order valence-corrected chi connectivity index (χ4v) is 4.55. The highest BCUT2D eigenvalue weighted by Crippen LogP contribution is 2.29. The molecule has 1 aromatic heterocycles. The van der Waals surface area contributed by atoms with Gasteiger partial charge in [0.25, 0.3) is 0 Å². The molecule has 5 heteroatoms. The van der Waals surface area contributed by atoms with E-state index in [1.807, 2.05) is 74.5 Å². The average molecular weight is 590 g/mol. The monoisotopic (exact) mass is 589 g/mol. The Labute approximate surface area is 267 Å². The zero-order chi connectivity index (χ0) is 32.0. The normalized spacial score (nSPS) is 12.3. The lowest BCUT2D eigenvalue weighted by atomic mass is 10.00. The van der Waals surface area contributed by atoms with Gasteiger partial charge in [-0.15, -0.1) is 6.58 Å². The van der Waals surface area contributed by atoms with E-state index in [-0.39, 0.29) is 0 Å². The fourth-order valence-electron chi connectivity index (χ4n) is 4.55. The van der Waals surface area contributed by atoms with E-state index >= 15 is 0 Å². The van der Waals surface area contributed by atoms with Crippen molar-refractivity contribution in [2.75, 3.05) is 0 Å². The number of hydrogen-bond acceptors (Lipinski definition) is 4. The first-order valence-electron chi connectivity index (χ1n) is 14.9. The zero-order valence-corrected chi connectivity index (χ0v) is 26.3. The molecule has 45 heavy (non-hydrogen) atoms. The third-order valence-electron chi connectivity index (χ3n) is 7.04. The number of aromatic nitrogens is 1. The molecule has 0 saturated carbocycles. The van der Waals surface area contributed by atoms with E-state index in [1.165, 1.54) is 0 Å². The zero-order valence-electron chi connectivity index (χ0n) is 26.3. The highest BCUT2D eigenvalue weighted by molar-refractivity contribution is 6.08. The lowest BCUT2D eigenvalue weighted by Gasteiger charge is -2.10. The molecule has 0 amide bonds. The van der Waals surface area contributed by atoms with Crippen LogP contribution in [-0.4, -0.2) is 29.5 Å². The first kappa shape index (κ1) is 32.4. The molecule has 0 aliphatic heterocycles. The molecule has 0 radical (unpaired) electrons. The molecular formula is C40H39N5. The van der Waals surface area contributed by atoms with Crippen LogP contribution in [0.25, 0.3) is 28.5 Å². The van der Waals surface area contributed by atoms with Crippen LogP contribution in [0, 0.1) is 6.92 Å². The van der Waals surface area contributed by atoms with Crippen molar-refractivity contribution in [3.63, 3.8) is 0 Å². The van der Waals surface area contributed by atoms with Gasteiger partial charge in [-0.2, -0.15) is 0 Å². The lowest BCUT2D eigenvalue weighted by molar-refractivity contribution is 0.996. The minimum absolute atomic E-state index is 0.464. The largest absolute Gasteiger partial charge is 0.295 e. The SMILES string of the molecule is C=CC/C=C\c1ccc(-c2ccc(-c3ccc(N=C(C)C(=C)N=C(N=C/C=C/C)c4ccccc4)c(C)c3)cc2)nc1CN=C. The van der Waals surface area contributed by atoms with Crippen molar-refractivity contribution in [3.05, 3.63) is 150 Å². The van der Waals surface area contributed by atoms with Crippen molar-refractivity contribution in [2.45, 2.75) is 33.7 Å². The van der Waals surface area contributed by atoms with Gasteiger partial charge in [0, 0.05) is 17.3 Å². The Morgan fingerprint density at radius 3 is 2.33 bits per heavy atom. The Morgan fingerprint density at radius 2 is 1.64 bits per heavy atom. The Morgan fingerprint density at radius 1 is 0.911 bits per heavy atom. The Hall–Kier alpha value is -5.55. The topological polar surface area (TPSA) is 62.3 Å². The summed E-state index contributed by atoms with van der Waals surface area (Å²) in [5.41, 5.74) is 10.3.